The van der Waals surface area contributed by atoms with Crippen LogP contribution in [-0.4, -0.2) is 21.8 Å². The van der Waals surface area contributed by atoms with E-state index in [0.29, 0.717) is 16.8 Å². The van der Waals surface area contributed by atoms with Crippen molar-refractivity contribution in [3.63, 3.8) is 0 Å². The van der Waals surface area contributed by atoms with Crippen molar-refractivity contribution >= 4 is 82.3 Å². The first-order valence-corrected chi connectivity index (χ1v) is 9.54. The Kier molecular flexibility index (Phi) is 7.00. The van der Waals surface area contributed by atoms with Crippen molar-refractivity contribution in [2.75, 3.05) is 6.61 Å². The lowest BCUT2D eigenvalue weighted by molar-refractivity contribution is 0.313. The van der Waals surface area contributed by atoms with E-state index in [4.69, 9.17) is 62.7 Å². The number of nitrogens with zero attached hydrogens (tertiary/aromatic N) is 3. The third-order valence-corrected chi connectivity index (χ3v) is 5.10. The van der Waals surface area contributed by atoms with Crippen molar-refractivity contribution < 1.29 is 9.13 Å². The fourth-order valence-corrected chi connectivity index (χ4v) is 4.36. The summed E-state index contributed by atoms with van der Waals surface area (Å²) in [6.45, 7) is 5.34. The first-order valence-electron chi connectivity index (χ1n) is 6.83. The summed E-state index contributed by atoms with van der Waals surface area (Å²) in [6.07, 6.45) is 0. The van der Waals surface area contributed by atoms with Crippen molar-refractivity contribution in [3.8, 4) is 17.6 Å². The van der Waals surface area contributed by atoms with Crippen LogP contribution in [0.3, 0.4) is 0 Å². The number of alkyl halides is 3. The van der Waals surface area contributed by atoms with Gasteiger partial charge in [0.25, 0.3) is 0 Å². The number of aromatic nitrogens is 1. The minimum absolute atomic E-state index is 0.0336. The summed E-state index contributed by atoms with van der Waals surface area (Å²) in [5.41, 5.74) is 0.194. The molecule has 0 aliphatic heterocycles. The van der Waals surface area contributed by atoms with Crippen molar-refractivity contribution in [1.29, 1.82) is 5.26 Å². The zero-order chi connectivity index (χ0) is 19.6. The van der Waals surface area contributed by atoms with Crippen molar-refractivity contribution in [2.45, 2.75) is 15.7 Å². The summed E-state index contributed by atoms with van der Waals surface area (Å²) in [6, 6.07) is 4.83. The average Bonchev–Trinajstić information content (AvgIpc) is 2.78. The van der Waals surface area contributed by atoms with Gasteiger partial charge in [-0.3, -0.25) is 4.57 Å². The highest BCUT2D eigenvalue weighted by Crippen LogP contribution is 2.52. The van der Waals surface area contributed by atoms with Crippen LogP contribution in [0.2, 0.25) is 15.1 Å². The number of thioether (sulfide) groups is 1. The quantitative estimate of drug-likeness (QED) is 0.252. The van der Waals surface area contributed by atoms with Gasteiger partial charge in [-0.1, -0.05) is 58.0 Å². The summed E-state index contributed by atoms with van der Waals surface area (Å²) in [5, 5.41) is 10.2. The molecule has 0 N–H and O–H groups in total. The first-order chi connectivity index (χ1) is 12.1. The fraction of sp³-hybridized carbons (Fsp3) is 0.200. The van der Waals surface area contributed by atoms with Gasteiger partial charge in [0, 0.05) is 5.02 Å². The third-order valence-electron chi connectivity index (χ3n) is 3.03. The number of aliphatic imine (C=N–C) groups is 1. The number of ether oxygens (including phenoxy) is 1. The van der Waals surface area contributed by atoms with Gasteiger partial charge >= 0.3 is 3.92 Å². The van der Waals surface area contributed by atoms with Gasteiger partial charge in [0.1, 0.15) is 11.6 Å². The zero-order valence-corrected chi connectivity index (χ0v) is 17.6. The van der Waals surface area contributed by atoms with Crippen molar-refractivity contribution in [3.05, 3.63) is 32.8 Å². The fourth-order valence-electron chi connectivity index (χ4n) is 2.20. The molecular formula is C15H9Cl5FN3OS. The van der Waals surface area contributed by atoms with E-state index in [-0.39, 0.29) is 44.5 Å². The molecule has 0 aliphatic rings. The van der Waals surface area contributed by atoms with E-state index in [1.54, 1.807) is 6.92 Å². The van der Waals surface area contributed by atoms with Crippen LogP contribution < -0.4 is 4.74 Å². The molecule has 0 saturated carbocycles. The van der Waals surface area contributed by atoms with E-state index >= 15 is 0 Å². The molecule has 1 heterocycles. The Balaban J connectivity index is 2.94. The summed E-state index contributed by atoms with van der Waals surface area (Å²) < 4.78 is 18.1. The smallest absolute Gasteiger partial charge is 0.309 e. The molecule has 0 atom stereocenters. The van der Waals surface area contributed by atoms with Gasteiger partial charge in [-0.05, 0) is 37.5 Å². The molecule has 0 radical (unpaired) electrons. The normalized spacial score (nSPS) is 11.3. The molecule has 0 bridgehead atoms. The molecule has 0 unspecified atom stereocenters. The van der Waals surface area contributed by atoms with Crippen molar-refractivity contribution in [1.82, 2.24) is 4.57 Å². The van der Waals surface area contributed by atoms with Gasteiger partial charge in [0.15, 0.2) is 5.82 Å². The van der Waals surface area contributed by atoms with E-state index in [1.807, 2.05) is 6.07 Å². The highest BCUT2D eigenvalue weighted by Gasteiger charge is 2.34. The van der Waals surface area contributed by atoms with Crippen LogP contribution in [0.5, 0.6) is 5.88 Å². The summed E-state index contributed by atoms with van der Waals surface area (Å²) >= 11 is 29.8. The largest absolute Gasteiger partial charge is 0.478 e. The third kappa shape index (κ3) is 4.36. The second-order valence-electron chi connectivity index (χ2n) is 4.64. The number of rotatable bonds is 6. The average molecular weight is 476 g/mol. The van der Waals surface area contributed by atoms with E-state index < -0.39 is 3.92 Å². The van der Waals surface area contributed by atoms with Crippen LogP contribution in [0.1, 0.15) is 12.5 Å². The molecule has 0 amide bonds. The predicted molar refractivity (Wildman–Crippen MR) is 107 cm³/mol. The Morgan fingerprint density at radius 2 is 1.92 bits per heavy atom. The van der Waals surface area contributed by atoms with Crippen LogP contribution in [0.15, 0.2) is 22.0 Å². The van der Waals surface area contributed by atoms with Gasteiger partial charge in [-0.15, -0.1) is 0 Å². The molecular weight excluding hydrogens is 467 g/mol. The molecule has 0 aliphatic carbocycles. The molecule has 2 aromatic rings. The maximum absolute atomic E-state index is 13.9. The molecule has 11 heteroatoms. The second kappa shape index (κ2) is 8.47. The number of nitriles is 1. The Morgan fingerprint density at radius 1 is 1.35 bits per heavy atom. The van der Waals surface area contributed by atoms with Gasteiger partial charge in [-0.2, -0.15) is 9.65 Å². The molecule has 26 heavy (non-hydrogen) atoms. The maximum Gasteiger partial charge on any atom is 0.309 e. The molecule has 1 aromatic heterocycles. The lowest BCUT2D eigenvalue weighted by atomic mass is 10.3. The van der Waals surface area contributed by atoms with Crippen LogP contribution in [0.25, 0.3) is 5.69 Å². The SMILES string of the molecule is C=Nc1c(C#N)c(SC(F)(Cl)Cl)c(OCC)n1-c1c(Cl)cc(Cl)cc1Cl. The standard InChI is InChI=1S/C15H9Cl5FN3OS/c1-3-25-14-12(26-15(19,20)21)8(6-22)13(23-2)24(14)11-9(17)4-7(16)5-10(11)18/h4-5H,2-3H2,1H3. The van der Waals surface area contributed by atoms with Crippen LogP contribution in [-0.2, 0) is 0 Å². The minimum atomic E-state index is -2.71. The van der Waals surface area contributed by atoms with E-state index in [0.717, 1.165) is 0 Å². The molecule has 0 fully saturated rings. The monoisotopic (exact) mass is 473 g/mol. The molecule has 4 nitrogen and oxygen atoms in total. The lowest BCUT2D eigenvalue weighted by Gasteiger charge is -2.16. The van der Waals surface area contributed by atoms with E-state index in [1.165, 1.54) is 16.7 Å². The Hall–Kier alpha value is -0.810. The second-order valence-corrected chi connectivity index (χ2v) is 8.75. The molecule has 2 rings (SSSR count). The molecule has 0 spiro atoms. The van der Waals surface area contributed by atoms with Crippen molar-refractivity contribution in [2.24, 2.45) is 4.99 Å². The van der Waals surface area contributed by atoms with Crippen LogP contribution in [0.4, 0.5) is 10.2 Å². The van der Waals surface area contributed by atoms with Crippen LogP contribution in [0, 0.1) is 11.3 Å². The number of halogens is 6. The van der Waals surface area contributed by atoms with Crippen LogP contribution >= 0.6 is 69.8 Å². The predicted octanol–water partition coefficient (Wildman–Crippen LogP) is 7.19. The highest BCUT2D eigenvalue weighted by molar-refractivity contribution is 8.03. The Labute approximate surface area is 178 Å². The minimum Gasteiger partial charge on any atom is -0.478 e. The number of hydrogen-bond acceptors (Lipinski definition) is 4. The van der Waals surface area contributed by atoms with Gasteiger partial charge in [0.2, 0.25) is 5.88 Å². The maximum atomic E-state index is 13.9. The number of hydrogen-bond donors (Lipinski definition) is 0. The summed E-state index contributed by atoms with van der Waals surface area (Å²) in [4.78, 5) is 3.89. The number of benzene rings is 1. The highest BCUT2D eigenvalue weighted by atomic mass is 35.5. The molecule has 1 aromatic carbocycles. The molecule has 138 valence electrons. The molecule has 0 saturated heterocycles. The lowest BCUT2D eigenvalue weighted by Crippen LogP contribution is -2.04. The van der Waals surface area contributed by atoms with E-state index in [9.17, 15) is 9.65 Å². The Morgan fingerprint density at radius 3 is 2.35 bits per heavy atom. The summed E-state index contributed by atoms with van der Waals surface area (Å²) in [7, 11) is 0. The first kappa shape index (κ1) is 21.5. The zero-order valence-electron chi connectivity index (χ0n) is 13.0. The van der Waals surface area contributed by atoms with Gasteiger partial charge < -0.3 is 4.74 Å². The summed E-state index contributed by atoms with van der Waals surface area (Å²) in [5.74, 6) is 0.0908. The van der Waals surface area contributed by atoms with Gasteiger partial charge in [0.05, 0.1) is 27.2 Å². The van der Waals surface area contributed by atoms with E-state index in [2.05, 4.69) is 11.7 Å². The Bertz CT molecular complexity index is 881. The topological polar surface area (TPSA) is 50.3 Å². The van der Waals surface area contributed by atoms with Gasteiger partial charge in [-0.25, -0.2) is 4.99 Å².